The molecule has 1 heterocycles. The molecule has 26 heavy (non-hydrogen) atoms. The number of allylic oxidation sites excluding steroid dienone is 1. The molecule has 4 heteroatoms. The van der Waals surface area contributed by atoms with Gasteiger partial charge in [0.15, 0.2) is 5.78 Å². The van der Waals surface area contributed by atoms with E-state index in [-0.39, 0.29) is 5.78 Å². The van der Waals surface area contributed by atoms with Crippen molar-refractivity contribution in [3.05, 3.63) is 100 Å². The standard InChI is InChI=1S/C22H14ClNOS/c23-18-11-5-4-10-16(18)14-17(21(25)15-8-2-1-3-9-15)22-24-19-12-6-7-13-20(19)26-22/h1-14H. The third-order valence-corrected chi connectivity index (χ3v) is 5.42. The summed E-state index contributed by atoms with van der Waals surface area (Å²) >= 11 is 7.82. The highest BCUT2D eigenvalue weighted by Gasteiger charge is 2.18. The van der Waals surface area contributed by atoms with Crippen LogP contribution in [0.3, 0.4) is 0 Å². The van der Waals surface area contributed by atoms with Crippen molar-refractivity contribution < 1.29 is 4.79 Å². The molecule has 0 unspecified atom stereocenters. The van der Waals surface area contributed by atoms with E-state index in [0.29, 0.717) is 21.2 Å². The van der Waals surface area contributed by atoms with Crippen LogP contribution in [0, 0.1) is 0 Å². The van der Waals surface area contributed by atoms with Gasteiger partial charge in [0.1, 0.15) is 5.01 Å². The lowest BCUT2D eigenvalue weighted by Crippen LogP contribution is -2.02. The summed E-state index contributed by atoms with van der Waals surface area (Å²) in [5.74, 6) is -0.0652. The van der Waals surface area contributed by atoms with Gasteiger partial charge in [-0.2, -0.15) is 0 Å². The average Bonchev–Trinajstić information content (AvgIpc) is 3.11. The van der Waals surface area contributed by atoms with Gasteiger partial charge in [-0.1, -0.05) is 72.3 Å². The van der Waals surface area contributed by atoms with Crippen LogP contribution in [0.1, 0.15) is 20.9 Å². The van der Waals surface area contributed by atoms with Crippen molar-refractivity contribution in [3.8, 4) is 0 Å². The Morgan fingerprint density at radius 3 is 2.35 bits per heavy atom. The number of halogens is 1. The Morgan fingerprint density at radius 1 is 0.885 bits per heavy atom. The highest BCUT2D eigenvalue weighted by molar-refractivity contribution is 7.20. The summed E-state index contributed by atoms with van der Waals surface area (Å²) < 4.78 is 1.05. The number of Topliss-reactive ketones (excluding diaryl/α,β-unsaturated/α-hetero) is 1. The number of rotatable bonds is 4. The summed E-state index contributed by atoms with van der Waals surface area (Å²) in [7, 11) is 0. The maximum absolute atomic E-state index is 13.2. The van der Waals surface area contributed by atoms with Gasteiger partial charge in [0.05, 0.1) is 15.8 Å². The number of para-hydroxylation sites is 1. The molecule has 0 spiro atoms. The molecule has 0 radical (unpaired) electrons. The third-order valence-electron chi connectivity index (χ3n) is 4.01. The molecule has 0 aliphatic carbocycles. The Hall–Kier alpha value is -2.75. The molecule has 1 aromatic heterocycles. The number of carbonyl (C=O) groups is 1. The molecule has 0 amide bonds. The zero-order valence-electron chi connectivity index (χ0n) is 13.7. The van der Waals surface area contributed by atoms with Gasteiger partial charge < -0.3 is 0 Å². The topological polar surface area (TPSA) is 30.0 Å². The van der Waals surface area contributed by atoms with Gasteiger partial charge in [-0.25, -0.2) is 4.98 Å². The molecule has 0 saturated carbocycles. The fourth-order valence-electron chi connectivity index (χ4n) is 2.70. The Morgan fingerprint density at radius 2 is 1.58 bits per heavy atom. The van der Waals surface area contributed by atoms with Crippen molar-refractivity contribution in [2.24, 2.45) is 0 Å². The predicted octanol–water partition coefficient (Wildman–Crippen LogP) is 6.37. The van der Waals surface area contributed by atoms with Crippen molar-refractivity contribution in [1.29, 1.82) is 0 Å². The van der Waals surface area contributed by atoms with E-state index in [9.17, 15) is 4.79 Å². The van der Waals surface area contributed by atoms with E-state index in [1.807, 2.05) is 84.9 Å². The summed E-state index contributed by atoms with van der Waals surface area (Å²) in [4.78, 5) is 17.9. The van der Waals surface area contributed by atoms with Gasteiger partial charge in [0.25, 0.3) is 0 Å². The molecule has 2 nitrogen and oxygen atoms in total. The number of ketones is 1. The summed E-state index contributed by atoms with van der Waals surface area (Å²) in [6, 6.07) is 24.6. The van der Waals surface area contributed by atoms with Gasteiger partial charge in [0, 0.05) is 10.6 Å². The molecule has 4 rings (SSSR count). The van der Waals surface area contributed by atoms with Crippen molar-refractivity contribution in [2.75, 3.05) is 0 Å². The number of hydrogen-bond acceptors (Lipinski definition) is 3. The average molecular weight is 376 g/mol. The Balaban J connectivity index is 1.89. The van der Waals surface area contributed by atoms with Crippen molar-refractivity contribution >= 4 is 50.6 Å². The normalized spacial score (nSPS) is 11.7. The molecule has 0 aliphatic heterocycles. The number of nitrogens with zero attached hydrogens (tertiary/aromatic N) is 1. The largest absolute Gasteiger partial charge is 0.288 e. The van der Waals surface area contributed by atoms with E-state index in [1.165, 1.54) is 11.3 Å². The maximum Gasteiger partial charge on any atom is 0.196 e. The number of carbonyl (C=O) groups excluding carboxylic acids is 1. The maximum atomic E-state index is 13.2. The zero-order chi connectivity index (χ0) is 17.9. The SMILES string of the molecule is O=C(C(=Cc1ccccc1Cl)c1nc2ccccc2s1)c1ccccc1. The van der Waals surface area contributed by atoms with E-state index >= 15 is 0 Å². The molecule has 0 atom stereocenters. The quantitative estimate of drug-likeness (QED) is 0.306. The minimum absolute atomic E-state index is 0.0652. The molecular weight excluding hydrogens is 362 g/mol. The molecular formula is C22H14ClNOS. The Bertz CT molecular complexity index is 1080. The second kappa shape index (κ2) is 7.24. The van der Waals surface area contributed by atoms with Crippen LogP contribution in [0.15, 0.2) is 78.9 Å². The van der Waals surface area contributed by atoms with Gasteiger partial charge in [0.2, 0.25) is 0 Å². The van der Waals surface area contributed by atoms with Gasteiger partial charge >= 0.3 is 0 Å². The summed E-state index contributed by atoms with van der Waals surface area (Å²) in [6.07, 6.45) is 1.83. The van der Waals surface area contributed by atoms with Gasteiger partial charge in [-0.05, 0) is 29.8 Å². The van der Waals surface area contributed by atoms with Crippen LogP contribution in [-0.2, 0) is 0 Å². The van der Waals surface area contributed by atoms with Crippen LogP contribution in [0.5, 0.6) is 0 Å². The lowest BCUT2D eigenvalue weighted by atomic mass is 10.0. The van der Waals surface area contributed by atoms with Crippen LogP contribution < -0.4 is 0 Å². The fourth-order valence-corrected chi connectivity index (χ4v) is 3.87. The predicted molar refractivity (Wildman–Crippen MR) is 110 cm³/mol. The van der Waals surface area contributed by atoms with Crippen molar-refractivity contribution in [1.82, 2.24) is 4.98 Å². The van der Waals surface area contributed by atoms with Crippen LogP contribution in [0.2, 0.25) is 5.02 Å². The molecule has 3 aromatic carbocycles. The first-order valence-electron chi connectivity index (χ1n) is 8.14. The monoisotopic (exact) mass is 375 g/mol. The summed E-state index contributed by atoms with van der Waals surface area (Å²) in [6.45, 7) is 0. The number of hydrogen-bond donors (Lipinski definition) is 0. The highest BCUT2D eigenvalue weighted by atomic mass is 35.5. The molecule has 0 bridgehead atoms. The van der Waals surface area contributed by atoms with Crippen LogP contribution in [-0.4, -0.2) is 10.8 Å². The molecule has 0 saturated heterocycles. The van der Waals surface area contributed by atoms with Crippen LogP contribution >= 0.6 is 22.9 Å². The molecule has 126 valence electrons. The lowest BCUT2D eigenvalue weighted by Gasteiger charge is -2.05. The number of benzene rings is 3. The Kier molecular flexibility index (Phi) is 4.65. The first kappa shape index (κ1) is 16.7. The molecule has 4 aromatic rings. The summed E-state index contributed by atoms with van der Waals surface area (Å²) in [5.41, 5.74) is 2.86. The highest BCUT2D eigenvalue weighted by Crippen LogP contribution is 2.31. The van der Waals surface area contributed by atoms with E-state index in [0.717, 1.165) is 15.8 Å². The van der Waals surface area contributed by atoms with Gasteiger partial charge in [-0.3, -0.25) is 4.79 Å². The van der Waals surface area contributed by atoms with Crippen molar-refractivity contribution in [2.45, 2.75) is 0 Å². The summed E-state index contributed by atoms with van der Waals surface area (Å²) in [5, 5.41) is 1.30. The van der Waals surface area contributed by atoms with Crippen LogP contribution in [0.4, 0.5) is 0 Å². The van der Waals surface area contributed by atoms with Crippen LogP contribution in [0.25, 0.3) is 21.9 Å². The second-order valence-corrected chi connectivity index (χ2v) is 7.20. The van der Waals surface area contributed by atoms with E-state index in [4.69, 9.17) is 11.6 Å². The van der Waals surface area contributed by atoms with Crippen molar-refractivity contribution in [3.63, 3.8) is 0 Å². The van der Waals surface area contributed by atoms with E-state index in [2.05, 4.69) is 4.98 Å². The third kappa shape index (κ3) is 3.32. The molecule has 0 fully saturated rings. The first-order valence-corrected chi connectivity index (χ1v) is 9.34. The zero-order valence-corrected chi connectivity index (χ0v) is 15.3. The fraction of sp³-hybridized carbons (Fsp3) is 0. The minimum atomic E-state index is -0.0652. The number of fused-ring (bicyclic) bond motifs is 1. The van der Waals surface area contributed by atoms with Gasteiger partial charge in [-0.15, -0.1) is 11.3 Å². The molecule has 0 aliphatic rings. The Labute approximate surface area is 160 Å². The molecule has 0 N–H and O–H groups in total. The smallest absolute Gasteiger partial charge is 0.196 e. The van der Waals surface area contributed by atoms with E-state index < -0.39 is 0 Å². The number of aromatic nitrogens is 1. The second-order valence-electron chi connectivity index (χ2n) is 5.76. The van der Waals surface area contributed by atoms with E-state index in [1.54, 1.807) is 0 Å². The number of thiazole rings is 1. The first-order chi connectivity index (χ1) is 12.7. The minimum Gasteiger partial charge on any atom is -0.288 e. The lowest BCUT2D eigenvalue weighted by molar-refractivity contribution is 0.105.